The van der Waals surface area contributed by atoms with Crippen molar-refractivity contribution in [2.75, 3.05) is 7.11 Å². The van der Waals surface area contributed by atoms with Crippen molar-refractivity contribution < 1.29 is 14.0 Å². The number of hydrogen-bond acceptors (Lipinski definition) is 2. The van der Waals surface area contributed by atoms with Gasteiger partial charge in [0.15, 0.2) is 5.76 Å². The highest BCUT2D eigenvalue weighted by atomic mass is 16.7. The minimum Gasteiger partial charge on any atom is -0.400 e. The summed E-state index contributed by atoms with van der Waals surface area (Å²) in [7, 11) is 1.64. The summed E-state index contributed by atoms with van der Waals surface area (Å²) in [4.78, 5) is 5.30. The van der Waals surface area contributed by atoms with Crippen LogP contribution in [0.4, 0.5) is 0 Å². The Hall–Kier alpha value is -1.77. The molecule has 0 amide bonds. The van der Waals surface area contributed by atoms with Gasteiger partial charge >= 0.3 is 5.89 Å². The molecule has 0 bridgehead atoms. The zero-order valence-corrected chi connectivity index (χ0v) is 10.1. The van der Waals surface area contributed by atoms with Gasteiger partial charge in [-0.2, -0.15) is 0 Å². The second-order valence-electron chi connectivity index (χ2n) is 3.89. The molecule has 2 rings (SSSR count). The quantitative estimate of drug-likeness (QED) is 0.722. The highest BCUT2D eigenvalue weighted by Crippen LogP contribution is 2.19. The second-order valence-corrected chi connectivity index (χ2v) is 3.89. The number of aryl methyl sites for hydroxylation is 2. The molecule has 1 heterocycles. The van der Waals surface area contributed by atoms with E-state index in [1.165, 1.54) is 5.56 Å². The summed E-state index contributed by atoms with van der Waals surface area (Å²) in [5.74, 6) is 1.61. The van der Waals surface area contributed by atoms with Gasteiger partial charge in [0.1, 0.15) is 7.11 Å². The average molecular weight is 218 g/mol. The SMILES string of the molecule is CO[n+]1c(-c2ccc(C)cc2)oc(C)c1C. The summed E-state index contributed by atoms with van der Waals surface area (Å²) < 4.78 is 7.41. The van der Waals surface area contributed by atoms with Crippen LogP contribution in [0.2, 0.25) is 0 Å². The fourth-order valence-electron chi connectivity index (χ4n) is 1.65. The van der Waals surface area contributed by atoms with Crippen LogP contribution in [-0.4, -0.2) is 7.11 Å². The highest BCUT2D eigenvalue weighted by Gasteiger charge is 2.26. The average Bonchev–Trinajstić information content (AvgIpc) is 2.56. The molecule has 1 aromatic heterocycles. The van der Waals surface area contributed by atoms with Crippen molar-refractivity contribution in [3.05, 3.63) is 41.3 Å². The molecule has 0 unspecified atom stereocenters. The fourth-order valence-corrected chi connectivity index (χ4v) is 1.65. The summed E-state index contributed by atoms with van der Waals surface area (Å²) in [6.45, 7) is 5.97. The molecule has 0 atom stereocenters. The minimum absolute atomic E-state index is 0.734. The van der Waals surface area contributed by atoms with E-state index < -0.39 is 0 Å². The summed E-state index contributed by atoms with van der Waals surface area (Å²) in [5, 5.41) is 0. The van der Waals surface area contributed by atoms with Gasteiger partial charge in [0.2, 0.25) is 0 Å². The number of benzene rings is 1. The largest absolute Gasteiger partial charge is 0.429 e. The van der Waals surface area contributed by atoms with Crippen molar-refractivity contribution in [2.45, 2.75) is 20.8 Å². The first kappa shape index (κ1) is 10.7. The fraction of sp³-hybridized carbons (Fsp3) is 0.308. The number of hydrogen-bond donors (Lipinski definition) is 0. The lowest BCUT2D eigenvalue weighted by atomic mass is 10.1. The summed E-state index contributed by atoms with van der Waals surface area (Å²) >= 11 is 0. The van der Waals surface area contributed by atoms with Crippen LogP contribution in [0.15, 0.2) is 28.7 Å². The topological polar surface area (TPSA) is 26.2 Å². The molecule has 0 saturated heterocycles. The Morgan fingerprint density at radius 3 is 2.25 bits per heavy atom. The third kappa shape index (κ3) is 1.69. The molecule has 0 N–H and O–H groups in total. The first-order chi connectivity index (χ1) is 7.63. The molecule has 0 radical (unpaired) electrons. The van der Waals surface area contributed by atoms with Gasteiger partial charge in [0.25, 0.3) is 5.69 Å². The lowest BCUT2D eigenvalue weighted by Gasteiger charge is -1.95. The Balaban J connectivity index is 2.55. The van der Waals surface area contributed by atoms with Gasteiger partial charge < -0.3 is 4.42 Å². The van der Waals surface area contributed by atoms with Gasteiger partial charge in [0, 0.05) is 13.8 Å². The molecule has 3 heteroatoms. The molecule has 16 heavy (non-hydrogen) atoms. The Morgan fingerprint density at radius 1 is 1.06 bits per heavy atom. The molecule has 1 aromatic carbocycles. The maximum Gasteiger partial charge on any atom is 0.429 e. The number of aromatic nitrogens is 1. The van der Waals surface area contributed by atoms with Gasteiger partial charge in [-0.25, -0.2) is 0 Å². The van der Waals surface area contributed by atoms with Crippen LogP contribution in [0.5, 0.6) is 0 Å². The van der Waals surface area contributed by atoms with Gasteiger partial charge in [-0.15, -0.1) is 0 Å². The second kappa shape index (κ2) is 4.00. The van der Waals surface area contributed by atoms with E-state index in [1.807, 2.05) is 26.0 Å². The lowest BCUT2D eigenvalue weighted by Crippen LogP contribution is -2.43. The lowest BCUT2D eigenvalue weighted by molar-refractivity contribution is -0.882. The number of oxazole rings is 1. The maximum atomic E-state index is 5.70. The molecule has 3 nitrogen and oxygen atoms in total. The molecular weight excluding hydrogens is 202 g/mol. The molecule has 0 aliphatic carbocycles. The molecule has 0 fully saturated rings. The third-order valence-corrected chi connectivity index (χ3v) is 2.73. The smallest absolute Gasteiger partial charge is 0.400 e. The molecule has 84 valence electrons. The van der Waals surface area contributed by atoms with Crippen molar-refractivity contribution >= 4 is 0 Å². The molecule has 2 aromatic rings. The van der Waals surface area contributed by atoms with Crippen LogP contribution in [0.1, 0.15) is 17.0 Å². The normalized spacial score (nSPS) is 10.5. The highest BCUT2D eigenvalue weighted by molar-refractivity contribution is 5.51. The van der Waals surface area contributed by atoms with Crippen molar-refractivity contribution in [1.82, 2.24) is 0 Å². The predicted molar refractivity (Wildman–Crippen MR) is 61.1 cm³/mol. The van der Waals surface area contributed by atoms with Gasteiger partial charge in [-0.1, -0.05) is 17.7 Å². The van der Waals surface area contributed by atoms with E-state index in [-0.39, 0.29) is 0 Å². The van der Waals surface area contributed by atoms with Gasteiger partial charge in [-0.05, 0) is 19.1 Å². The Bertz CT molecular complexity index is 497. The Morgan fingerprint density at radius 2 is 1.69 bits per heavy atom. The van der Waals surface area contributed by atoms with Gasteiger partial charge in [0.05, 0.1) is 10.3 Å². The molecular formula is C13H16NO2+. The number of rotatable bonds is 2. The van der Waals surface area contributed by atoms with E-state index in [1.54, 1.807) is 11.8 Å². The molecule has 0 saturated carbocycles. The predicted octanol–water partition coefficient (Wildman–Crippen LogP) is 2.22. The van der Waals surface area contributed by atoms with E-state index in [2.05, 4.69) is 19.1 Å². The van der Waals surface area contributed by atoms with Crippen LogP contribution in [0, 0.1) is 20.8 Å². The van der Waals surface area contributed by atoms with Crippen molar-refractivity contribution in [3.8, 4) is 11.5 Å². The number of nitrogens with zero attached hydrogens (tertiary/aromatic N) is 1. The van der Waals surface area contributed by atoms with Crippen molar-refractivity contribution in [2.24, 2.45) is 0 Å². The van der Waals surface area contributed by atoms with Crippen molar-refractivity contribution in [1.29, 1.82) is 0 Å². The zero-order chi connectivity index (χ0) is 11.7. The first-order valence-electron chi connectivity index (χ1n) is 5.27. The summed E-state index contributed by atoms with van der Waals surface area (Å²) in [5.41, 5.74) is 3.23. The van der Waals surface area contributed by atoms with Crippen LogP contribution < -0.4 is 9.57 Å². The van der Waals surface area contributed by atoms with Crippen LogP contribution in [0.3, 0.4) is 0 Å². The van der Waals surface area contributed by atoms with E-state index >= 15 is 0 Å². The minimum atomic E-state index is 0.734. The summed E-state index contributed by atoms with van der Waals surface area (Å²) in [6.07, 6.45) is 0. The van der Waals surface area contributed by atoms with Crippen LogP contribution in [-0.2, 0) is 0 Å². The van der Waals surface area contributed by atoms with Crippen molar-refractivity contribution in [3.63, 3.8) is 0 Å². The Labute approximate surface area is 95.2 Å². The Kier molecular flexibility index (Phi) is 2.69. The van der Waals surface area contributed by atoms with E-state index in [0.29, 0.717) is 0 Å². The maximum absolute atomic E-state index is 5.70. The van der Waals surface area contributed by atoms with Gasteiger partial charge in [-0.3, -0.25) is 4.84 Å². The summed E-state index contributed by atoms with van der Waals surface area (Å²) in [6, 6.07) is 8.18. The molecule has 0 spiro atoms. The first-order valence-corrected chi connectivity index (χ1v) is 5.27. The van der Waals surface area contributed by atoms with E-state index in [4.69, 9.17) is 9.25 Å². The molecule has 0 aliphatic rings. The molecule has 0 aliphatic heterocycles. The van der Waals surface area contributed by atoms with E-state index in [9.17, 15) is 0 Å². The van der Waals surface area contributed by atoms with Crippen LogP contribution in [0.25, 0.3) is 11.5 Å². The third-order valence-electron chi connectivity index (χ3n) is 2.73. The monoisotopic (exact) mass is 218 g/mol. The van der Waals surface area contributed by atoms with Crippen LogP contribution >= 0.6 is 0 Å². The zero-order valence-electron chi connectivity index (χ0n) is 10.1. The van der Waals surface area contributed by atoms with E-state index in [0.717, 1.165) is 22.9 Å². The standard InChI is InChI=1S/C13H16NO2/c1-9-5-7-12(8-6-9)13-14(15-4)10(2)11(3)16-13/h5-8H,1-4H3/q+1.